The number of ketones is 1. The van der Waals surface area contributed by atoms with Crippen LogP contribution in [-0.4, -0.2) is 10.8 Å². The minimum Gasteiger partial charge on any atom is -0.360 e. The lowest BCUT2D eigenvalue weighted by molar-refractivity contribution is 0.0699. The van der Waals surface area contributed by atoms with Crippen LogP contribution in [0.25, 0.3) is 10.9 Å². The molecule has 3 heteroatoms. The van der Waals surface area contributed by atoms with Crippen molar-refractivity contribution >= 4 is 16.7 Å². The van der Waals surface area contributed by atoms with Crippen molar-refractivity contribution < 1.29 is 4.79 Å². The third-order valence-electron chi connectivity index (χ3n) is 4.92. The molecule has 0 aliphatic heterocycles. The van der Waals surface area contributed by atoms with Crippen molar-refractivity contribution in [3.05, 3.63) is 35.5 Å². The van der Waals surface area contributed by atoms with Crippen LogP contribution in [0.2, 0.25) is 0 Å². The van der Waals surface area contributed by atoms with Crippen molar-refractivity contribution in [2.24, 2.45) is 11.3 Å². The number of rotatable bonds is 2. The lowest BCUT2D eigenvalue weighted by Gasteiger charge is -2.37. The van der Waals surface area contributed by atoms with E-state index < -0.39 is 0 Å². The average molecular weight is 280 g/mol. The molecule has 1 unspecified atom stereocenters. The number of hydrogen-bond acceptors (Lipinski definition) is 2. The van der Waals surface area contributed by atoms with Gasteiger partial charge in [-0.1, -0.05) is 32.8 Å². The highest BCUT2D eigenvalue weighted by Gasteiger charge is 2.38. The predicted octanol–water partition coefficient (Wildman–Crippen LogP) is 4.44. The Morgan fingerprint density at radius 3 is 2.90 bits per heavy atom. The van der Waals surface area contributed by atoms with Crippen molar-refractivity contribution in [2.45, 2.75) is 39.5 Å². The molecule has 21 heavy (non-hydrogen) atoms. The molecule has 0 bridgehead atoms. The molecule has 0 saturated heterocycles. The Kier molecular flexibility index (Phi) is 3.33. The van der Waals surface area contributed by atoms with E-state index in [4.69, 9.17) is 0 Å². The number of H-pyrrole nitrogens is 1. The molecule has 3 nitrogen and oxygen atoms in total. The fraction of sp³-hybridized carbons (Fsp3) is 0.444. The first kappa shape index (κ1) is 13.9. The maximum atomic E-state index is 13.0. The molecule has 1 fully saturated rings. The number of carbonyl (C=O) groups excluding carboxylic acids is 1. The number of nitriles is 1. The molecule has 1 aliphatic carbocycles. The molecule has 0 radical (unpaired) electrons. The van der Waals surface area contributed by atoms with E-state index in [1.165, 1.54) is 6.42 Å². The van der Waals surface area contributed by atoms with Gasteiger partial charge in [0.05, 0.1) is 11.6 Å². The molecule has 1 aliphatic rings. The summed E-state index contributed by atoms with van der Waals surface area (Å²) in [5.74, 6) is 0.241. The van der Waals surface area contributed by atoms with Crippen LogP contribution in [0.5, 0.6) is 0 Å². The van der Waals surface area contributed by atoms with E-state index in [9.17, 15) is 10.1 Å². The summed E-state index contributed by atoms with van der Waals surface area (Å²) in [6, 6.07) is 7.74. The second kappa shape index (κ2) is 5.04. The SMILES string of the molecule is CC1(C)CCCCC1C(=O)c1c[nH]c2cccc(C#N)c12. The Balaban J connectivity index is 2.08. The van der Waals surface area contributed by atoms with E-state index in [-0.39, 0.29) is 17.1 Å². The first-order chi connectivity index (χ1) is 10.0. The van der Waals surface area contributed by atoms with E-state index in [0.29, 0.717) is 11.1 Å². The summed E-state index contributed by atoms with van der Waals surface area (Å²) in [5, 5.41) is 10.1. The molecule has 1 heterocycles. The van der Waals surface area contributed by atoms with Crippen molar-refractivity contribution in [1.29, 1.82) is 5.26 Å². The normalized spacial score (nSPS) is 21.1. The summed E-state index contributed by atoms with van der Waals surface area (Å²) in [4.78, 5) is 16.2. The first-order valence-corrected chi connectivity index (χ1v) is 7.59. The zero-order valence-corrected chi connectivity index (χ0v) is 12.6. The number of benzene rings is 1. The molecule has 108 valence electrons. The minimum absolute atomic E-state index is 0.0422. The van der Waals surface area contributed by atoms with E-state index in [2.05, 4.69) is 24.9 Å². The molecule has 1 saturated carbocycles. The van der Waals surface area contributed by atoms with Gasteiger partial charge in [0.2, 0.25) is 0 Å². The zero-order chi connectivity index (χ0) is 15.0. The zero-order valence-electron chi connectivity index (χ0n) is 12.6. The minimum atomic E-state index is 0.0422. The molecule has 3 rings (SSSR count). The maximum Gasteiger partial charge on any atom is 0.168 e. The molecule has 0 spiro atoms. The van der Waals surface area contributed by atoms with Gasteiger partial charge in [0, 0.05) is 28.6 Å². The predicted molar refractivity (Wildman–Crippen MR) is 83.1 cm³/mol. The van der Waals surface area contributed by atoms with Gasteiger partial charge in [0.25, 0.3) is 0 Å². The highest BCUT2D eigenvalue weighted by Crippen LogP contribution is 2.43. The summed E-state index contributed by atoms with van der Waals surface area (Å²) in [6.07, 6.45) is 6.14. The monoisotopic (exact) mass is 280 g/mol. The Labute approximate surface area is 125 Å². The molecule has 1 aromatic heterocycles. The van der Waals surface area contributed by atoms with Crippen LogP contribution in [-0.2, 0) is 0 Å². The Morgan fingerprint density at radius 1 is 1.38 bits per heavy atom. The second-order valence-corrected chi connectivity index (χ2v) is 6.69. The van der Waals surface area contributed by atoms with Gasteiger partial charge >= 0.3 is 0 Å². The largest absolute Gasteiger partial charge is 0.360 e. The van der Waals surface area contributed by atoms with Gasteiger partial charge in [0.1, 0.15) is 0 Å². The summed E-state index contributed by atoms with van der Waals surface area (Å²) >= 11 is 0. The fourth-order valence-corrected chi connectivity index (χ4v) is 3.64. The van der Waals surface area contributed by atoms with Crippen LogP contribution in [0, 0.1) is 22.7 Å². The Hall–Kier alpha value is -2.08. The van der Waals surface area contributed by atoms with Gasteiger partial charge in [-0.25, -0.2) is 0 Å². The van der Waals surface area contributed by atoms with Crippen LogP contribution in [0.1, 0.15) is 55.5 Å². The van der Waals surface area contributed by atoms with E-state index in [1.807, 2.05) is 12.1 Å². The third-order valence-corrected chi connectivity index (χ3v) is 4.92. The van der Waals surface area contributed by atoms with Crippen molar-refractivity contribution in [2.75, 3.05) is 0 Å². The Bertz CT molecular complexity index is 733. The van der Waals surface area contributed by atoms with Gasteiger partial charge in [0.15, 0.2) is 5.78 Å². The number of hydrogen-bond donors (Lipinski definition) is 1. The summed E-state index contributed by atoms with van der Waals surface area (Å²) < 4.78 is 0. The first-order valence-electron chi connectivity index (χ1n) is 7.59. The van der Waals surface area contributed by atoms with Gasteiger partial charge in [-0.15, -0.1) is 0 Å². The standard InChI is InChI=1S/C18H20N2O/c1-18(2)9-4-3-7-14(18)17(21)13-11-20-15-8-5-6-12(10-19)16(13)15/h5-6,8,11,14,20H,3-4,7,9H2,1-2H3. The second-order valence-electron chi connectivity index (χ2n) is 6.69. The molecule has 2 aromatic rings. The third kappa shape index (κ3) is 2.25. The lowest BCUT2D eigenvalue weighted by atomic mass is 9.66. The van der Waals surface area contributed by atoms with Gasteiger partial charge in [-0.05, 0) is 30.4 Å². The topological polar surface area (TPSA) is 56.6 Å². The molecule has 1 atom stereocenters. The van der Waals surface area contributed by atoms with Crippen LogP contribution < -0.4 is 0 Å². The molecule has 1 N–H and O–H groups in total. The smallest absolute Gasteiger partial charge is 0.168 e. The lowest BCUT2D eigenvalue weighted by Crippen LogP contribution is -2.34. The maximum absolute atomic E-state index is 13.0. The molecule has 0 amide bonds. The average Bonchev–Trinajstić information content (AvgIpc) is 2.90. The molecular formula is C18H20N2O. The number of aromatic nitrogens is 1. The Morgan fingerprint density at radius 2 is 2.19 bits per heavy atom. The molecule has 1 aromatic carbocycles. The van der Waals surface area contributed by atoms with Gasteiger partial charge in [-0.2, -0.15) is 5.26 Å². The van der Waals surface area contributed by atoms with Crippen LogP contribution in [0.4, 0.5) is 0 Å². The van der Waals surface area contributed by atoms with E-state index >= 15 is 0 Å². The highest BCUT2D eigenvalue weighted by atomic mass is 16.1. The number of carbonyl (C=O) groups is 1. The van der Waals surface area contributed by atoms with Gasteiger partial charge in [-0.3, -0.25) is 4.79 Å². The van der Waals surface area contributed by atoms with E-state index in [1.54, 1.807) is 12.3 Å². The van der Waals surface area contributed by atoms with Crippen LogP contribution in [0.3, 0.4) is 0 Å². The van der Waals surface area contributed by atoms with Crippen LogP contribution in [0.15, 0.2) is 24.4 Å². The van der Waals surface area contributed by atoms with Crippen LogP contribution >= 0.6 is 0 Å². The number of nitrogens with one attached hydrogen (secondary N) is 1. The summed E-state index contributed by atoms with van der Waals surface area (Å²) in [7, 11) is 0. The summed E-state index contributed by atoms with van der Waals surface area (Å²) in [5.41, 5.74) is 2.17. The van der Waals surface area contributed by atoms with Crippen molar-refractivity contribution in [3.8, 4) is 6.07 Å². The van der Waals surface area contributed by atoms with Crippen molar-refractivity contribution in [3.63, 3.8) is 0 Å². The summed E-state index contributed by atoms with van der Waals surface area (Å²) in [6.45, 7) is 4.38. The fourth-order valence-electron chi connectivity index (χ4n) is 3.64. The number of fused-ring (bicyclic) bond motifs is 1. The highest BCUT2D eigenvalue weighted by molar-refractivity contribution is 6.10. The van der Waals surface area contributed by atoms with E-state index in [0.717, 1.165) is 30.2 Å². The van der Waals surface area contributed by atoms with Gasteiger partial charge < -0.3 is 4.98 Å². The number of nitrogens with zero attached hydrogens (tertiary/aromatic N) is 1. The number of aromatic amines is 1. The quantitative estimate of drug-likeness (QED) is 0.827. The number of Topliss-reactive ketones (excluding diaryl/α,β-unsaturated/α-hetero) is 1. The van der Waals surface area contributed by atoms with Crippen molar-refractivity contribution in [1.82, 2.24) is 4.98 Å². The molecular weight excluding hydrogens is 260 g/mol.